The van der Waals surface area contributed by atoms with E-state index < -0.39 is 0 Å². The molecule has 1 aromatic rings. The maximum Gasteiger partial charge on any atom is 1.00 e. The molecule has 0 heterocycles. The number of benzene rings is 1. The number of hydrogen-bond donors (Lipinski definition) is 1. The van der Waals surface area contributed by atoms with E-state index in [-0.39, 0.29) is 37.1 Å². The Balaban J connectivity index is 0. The molecule has 0 saturated carbocycles. The maximum absolute atomic E-state index is 9.33. The van der Waals surface area contributed by atoms with Gasteiger partial charge in [-0.1, -0.05) is 37.3 Å². The summed E-state index contributed by atoms with van der Waals surface area (Å²) in [5.74, 6) is 0. The normalized spacial score (nSPS) is 11.8. The topological polar surface area (TPSA) is 20.2 Å². The summed E-state index contributed by atoms with van der Waals surface area (Å²) < 4.78 is 0. The average Bonchev–Trinajstić information content (AvgIpc) is 2.05. The Morgan fingerprint density at radius 1 is 1.36 bits per heavy atom. The molecule has 0 radical (unpaired) electrons. The smallest absolute Gasteiger partial charge is 1.00 e. The van der Waals surface area contributed by atoms with E-state index in [2.05, 4.69) is 0 Å². The molecule has 2 heteroatoms. The summed E-state index contributed by atoms with van der Waals surface area (Å²) in [5.41, 5.74) is 1.00. The van der Waals surface area contributed by atoms with E-state index in [1.165, 1.54) is 0 Å². The van der Waals surface area contributed by atoms with Gasteiger partial charge in [-0.25, -0.2) is 0 Å². The minimum Gasteiger partial charge on any atom is -1.00 e. The first-order valence-electron chi connectivity index (χ1n) is 3.57. The summed E-state index contributed by atoms with van der Waals surface area (Å²) in [7, 11) is 0. The molecule has 0 saturated heterocycles. The van der Waals surface area contributed by atoms with Crippen molar-refractivity contribution in [1.82, 2.24) is 0 Å². The first kappa shape index (κ1) is 11.2. The molecule has 11 heavy (non-hydrogen) atoms. The van der Waals surface area contributed by atoms with Gasteiger partial charge in [-0.2, -0.15) is 0 Å². The van der Waals surface area contributed by atoms with Crippen LogP contribution >= 0.6 is 0 Å². The maximum atomic E-state index is 9.33. The van der Waals surface area contributed by atoms with Gasteiger partial charge in [-0.15, -0.1) is 0 Å². The summed E-state index contributed by atoms with van der Waals surface area (Å²) >= 11 is 0. The second-order valence-electron chi connectivity index (χ2n) is 2.33. The largest absolute Gasteiger partial charge is 1.00 e. The summed E-state index contributed by atoms with van der Waals surface area (Å²) in [5, 5.41) is 9.33. The molecule has 1 N–H and O–H groups in total. The van der Waals surface area contributed by atoms with E-state index in [1.807, 2.05) is 37.3 Å². The van der Waals surface area contributed by atoms with Crippen molar-refractivity contribution in [1.29, 1.82) is 0 Å². The van der Waals surface area contributed by atoms with Gasteiger partial charge in [0.25, 0.3) is 0 Å². The van der Waals surface area contributed by atoms with Gasteiger partial charge in [0.1, 0.15) is 0 Å². The zero-order valence-electron chi connectivity index (χ0n) is 8.12. The third-order valence-electron chi connectivity index (χ3n) is 1.57. The number of aliphatic hydroxyl groups excluding tert-OH is 1. The second-order valence-corrected chi connectivity index (χ2v) is 2.33. The van der Waals surface area contributed by atoms with Crippen molar-refractivity contribution < 1.29 is 36.1 Å². The van der Waals surface area contributed by atoms with E-state index in [9.17, 15) is 5.11 Å². The number of rotatable bonds is 2. The van der Waals surface area contributed by atoms with Gasteiger partial charge in [0.2, 0.25) is 0 Å². The molecular formula is C9H13NaO. The molecule has 0 aliphatic rings. The molecule has 0 amide bonds. The molecule has 56 valence electrons. The van der Waals surface area contributed by atoms with Crippen LogP contribution in [0.1, 0.15) is 26.4 Å². The Morgan fingerprint density at radius 3 is 2.36 bits per heavy atom. The molecule has 0 aromatic heterocycles. The van der Waals surface area contributed by atoms with E-state index in [0.29, 0.717) is 0 Å². The summed E-state index contributed by atoms with van der Waals surface area (Å²) in [6, 6.07) is 9.70. The average molecular weight is 160 g/mol. The van der Waals surface area contributed by atoms with E-state index in [4.69, 9.17) is 0 Å². The first-order valence-corrected chi connectivity index (χ1v) is 3.57. The van der Waals surface area contributed by atoms with Crippen LogP contribution in [0.2, 0.25) is 0 Å². The fraction of sp³-hybridized carbons (Fsp3) is 0.333. The molecular weight excluding hydrogens is 147 g/mol. The minimum absolute atomic E-state index is 0. The monoisotopic (exact) mass is 160 g/mol. The minimum atomic E-state index is -0.291. The molecule has 0 aliphatic heterocycles. The van der Waals surface area contributed by atoms with E-state index in [1.54, 1.807) is 0 Å². The number of hydrogen-bond acceptors (Lipinski definition) is 1. The Kier molecular flexibility index (Phi) is 5.88. The molecule has 1 nitrogen and oxygen atoms in total. The predicted molar refractivity (Wildman–Crippen MR) is 42.8 cm³/mol. The molecule has 0 aliphatic carbocycles. The van der Waals surface area contributed by atoms with E-state index in [0.717, 1.165) is 12.0 Å². The van der Waals surface area contributed by atoms with Crippen LogP contribution in [0.3, 0.4) is 0 Å². The van der Waals surface area contributed by atoms with Gasteiger partial charge in [-0.3, -0.25) is 0 Å². The van der Waals surface area contributed by atoms with Gasteiger partial charge in [0.05, 0.1) is 6.10 Å². The Labute approximate surface area is 91.2 Å². The standard InChI is InChI=1S/C9H12O.Na.H/c1-2-9(10)8-6-4-3-5-7-8;;/h3-7,9-10H,2H2,1H3;;/q;+1;-1. The fourth-order valence-electron chi connectivity index (χ4n) is 0.911. The molecule has 1 rings (SSSR count). The zero-order chi connectivity index (χ0) is 7.40. The first-order chi connectivity index (χ1) is 4.84. The molecule has 0 spiro atoms. The van der Waals surface area contributed by atoms with E-state index >= 15 is 0 Å². The van der Waals surface area contributed by atoms with Crippen molar-refractivity contribution in [3.8, 4) is 0 Å². The third-order valence-corrected chi connectivity index (χ3v) is 1.57. The van der Waals surface area contributed by atoms with Crippen molar-refractivity contribution >= 4 is 0 Å². The van der Waals surface area contributed by atoms with Crippen LogP contribution in [0.5, 0.6) is 0 Å². The molecule has 1 aromatic carbocycles. The number of aliphatic hydroxyl groups is 1. The van der Waals surface area contributed by atoms with Crippen LogP contribution in [-0.4, -0.2) is 5.11 Å². The van der Waals surface area contributed by atoms with Gasteiger partial charge in [0, 0.05) is 0 Å². The second kappa shape index (κ2) is 5.78. The van der Waals surface area contributed by atoms with Crippen LogP contribution in [0.25, 0.3) is 0 Å². The van der Waals surface area contributed by atoms with Crippen molar-refractivity contribution in [2.75, 3.05) is 0 Å². The van der Waals surface area contributed by atoms with Crippen LogP contribution < -0.4 is 29.6 Å². The summed E-state index contributed by atoms with van der Waals surface area (Å²) in [6.45, 7) is 1.97. The van der Waals surface area contributed by atoms with Crippen LogP contribution in [0.15, 0.2) is 30.3 Å². The zero-order valence-corrected chi connectivity index (χ0v) is 9.12. The fourth-order valence-corrected chi connectivity index (χ4v) is 0.911. The molecule has 0 bridgehead atoms. The Morgan fingerprint density at radius 2 is 1.91 bits per heavy atom. The van der Waals surface area contributed by atoms with Gasteiger partial charge in [0.15, 0.2) is 0 Å². The molecule has 1 atom stereocenters. The van der Waals surface area contributed by atoms with Gasteiger partial charge >= 0.3 is 29.6 Å². The summed E-state index contributed by atoms with van der Waals surface area (Å²) in [4.78, 5) is 0. The van der Waals surface area contributed by atoms with Gasteiger partial charge < -0.3 is 6.53 Å². The molecule has 1 unspecified atom stereocenters. The SMILES string of the molecule is CCC(O)c1ccccc1.[H-].[Na+]. The van der Waals surface area contributed by atoms with Crippen molar-refractivity contribution in [3.05, 3.63) is 35.9 Å². The quantitative estimate of drug-likeness (QED) is 0.564. The van der Waals surface area contributed by atoms with Gasteiger partial charge in [-0.05, 0) is 12.0 Å². The van der Waals surface area contributed by atoms with Crippen molar-refractivity contribution in [2.24, 2.45) is 0 Å². The Bertz CT molecular complexity index is 191. The predicted octanol–water partition coefficient (Wildman–Crippen LogP) is -0.754. The van der Waals surface area contributed by atoms with Crippen LogP contribution in [-0.2, 0) is 0 Å². The van der Waals surface area contributed by atoms with Crippen molar-refractivity contribution in [2.45, 2.75) is 19.4 Å². The Hall–Kier alpha value is 0.180. The van der Waals surface area contributed by atoms with Crippen LogP contribution in [0.4, 0.5) is 0 Å². The van der Waals surface area contributed by atoms with Crippen LogP contribution in [0, 0.1) is 0 Å². The van der Waals surface area contributed by atoms with Crippen molar-refractivity contribution in [3.63, 3.8) is 0 Å². The molecule has 0 fully saturated rings. The summed E-state index contributed by atoms with van der Waals surface area (Å²) in [6.07, 6.45) is 0.491. The third kappa shape index (κ3) is 3.39.